The maximum absolute atomic E-state index is 12.4. The first-order chi connectivity index (χ1) is 11.1. The van der Waals surface area contributed by atoms with E-state index in [1.54, 1.807) is 36.5 Å². The second-order valence-corrected chi connectivity index (χ2v) is 5.90. The molecule has 0 fully saturated rings. The Bertz CT molecular complexity index is 857. The average Bonchev–Trinajstić information content (AvgIpc) is 3.10. The highest BCUT2D eigenvalue weighted by Crippen LogP contribution is 2.23. The standard InChI is InChI=1S/C18H14N2O2S/c1-12(21)13-4-3-7-16(11-13)20-17(22)14-5-2-6-15(10-14)18-19-8-9-23-18/h2-11H,1H3,(H,20,22). The topological polar surface area (TPSA) is 59.1 Å². The molecule has 4 nitrogen and oxygen atoms in total. The van der Waals surface area contributed by atoms with Gasteiger partial charge >= 0.3 is 0 Å². The Labute approximate surface area is 137 Å². The molecule has 0 aliphatic heterocycles. The van der Waals surface area contributed by atoms with Gasteiger partial charge < -0.3 is 5.32 Å². The summed E-state index contributed by atoms with van der Waals surface area (Å²) in [5.41, 5.74) is 2.62. The Morgan fingerprint density at radius 2 is 1.83 bits per heavy atom. The van der Waals surface area contributed by atoms with Crippen LogP contribution in [0.1, 0.15) is 27.6 Å². The van der Waals surface area contributed by atoms with Crippen LogP contribution in [0.3, 0.4) is 0 Å². The molecule has 2 aromatic carbocycles. The maximum atomic E-state index is 12.4. The molecule has 114 valence electrons. The second-order valence-electron chi connectivity index (χ2n) is 5.01. The Hall–Kier alpha value is -2.79. The van der Waals surface area contributed by atoms with Gasteiger partial charge in [-0.25, -0.2) is 4.98 Å². The van der Waals surface area contributed by atoms with E-state index in [-0.39, 0.29) is 11.7 Å². The first kappa shape index (κ1) is 15.1. The SMILES string of the molecule is CC(=O)c1cccc(NC(=O)c2cccc(-c3nccs3)c2)c1. The minimum absolute atomic E-state index is 0.0353. The van der Waals surface area contributed by atoms with Gasteiger partial charge in [0.05, 0.1) is 0 Å². The number of nitrogens with zero attached hydrogens (tertiary/aromatic N) is 1. The largest absolute Gasteiger partial charge is 0.322 e. The Balaban J connectivity index is 1.82. The van der Waals surface area contributed by atoms with Gasteiger partial charge in [0.25, 0.3) is 5.91 Å². The average molecular weight is 322 g/mol. The number of hydrogen-bond donors (Lipinski definition) is 1. The van der Waals surface area contributed by atoms with Crippen LogP contribution in [0.2, 0.25) is 0 Å². The van der Waals surface area contributed by atoms with Crippen molar-refractivity contribution in [2.45, 2.75) is 6.92 Å². The van der Waals surface area contributed by atoms with Gasteiger partial charge in [0.1, 0.15) is 5.01 Å². The lowest BCUT2D eigenvalue weighted by molar-refractivity contribution is 0.101. The first-order valence-electron chi connectivity index (χ1n) is 7.06. The van der Waals surface area contributed by atoms with Crippen LogP contribution in [0.5, 0.6) is 0 Å². The van der Waals surface area contributed by atoms with E-state index in [2.05, 4.69) is 10.3 Å². The third-order valence-corrected chi connectivity index (χ3v) is 4.15. The molecular weight excluding hydrogens is 308 g/mol. The van der Waals surface area contributed by atoms with E-state index in [4.69, 9.17) is 0 Å². The number of aromatic nitrogens is 1. The number of nitrogens with one attached hydrogen (secondary N) is 1. The minimum Gasteiger partial charge on any atom is -0.322 e. The number of amides is 1. The van der Waals surface area contributed by atoms with Crippen molar-refractivity contribution in [1.29, 1.82) is 0 Å². The van der Waals surface area contributed by atoms with Crippen molar-refractivity contribution in [3.63, 3.8) is 0 Å². The molecule has 3 aromatic rings. The molecule has 1 aromatic heterocycles. The lowest BCUT2D eigenvalue weighted by Gasteiger charge is -2.07. The number of hydrogen-bond acceptors (Lipinski definition) is 4. The van der Waals surface area contributed by atoms with Crippen LogP contribution in [-0.2, 0) is 0 Å². The molecule has 1 amide bonds. The number of thiazole rings is 1. The van der Waals surface area contributed by atoms with Crippen molar-refractivity contribution in [2.24, 2.45) is 0 Å². The molecule has 1 heterocycles. The van der Waals surface area contributed by atoms with E-state index in [9.17, 15) is 9.59 Å². The van der Waals surface area contributed by atoms with Crippen LogP contribution in [0.4, 0.5) is 5.69 Å². The molecule has 0 atom stereocenters. The summed E-state index contributed by atoms with van der Waals surface area (Å²) in [4.78, 5) is 28.1. The number of carbonyl (C=O) groups excluding carboxylic acids is 2. The van der Waals surface area contributed by atoms with Crippen LogP contribution in [0.15, 0.2) is 60.1 Å². The second kappa shape index (κ2) is 6.54. The molecule has 0 aliphatic rings. The van der Waals surface area contributed by atoms with Gasteiger partial charge in [-0.05, 0) is 31.2 Å². The van der Waals surface area contributed by atoms with Crippen molar-refractivity contribution >= 4 is 28.7 Å². The fourth-order valence-corrected chi connectivity index (χ4v) is 2.81. The van der Waals surface area contributed by atoms with Gasteiger partial charge in [0.2, 0.25) is 0 Å². The minimum atomic E-state index is -0.218. The number of carbonyl (C=O) groups is 2. The lowest BCUT2D eigenvalue weighted by Crippen LogP contribution is -2.12. The van der Waals surface area contributed by atoms with Crippen LogP contribution in [0, 0.1) is 0 Å². The first-order valence-corrected chi connectivity index (χ1v) is 7.94. The highest BCUT2D eigenvalue weighted by atomic mass is 32.1. The zero-order valence-electron chi connectivity index (χ0n) is 12.4. The molecule has 1 N–H and O–H groups in total. The fourth-order valence-electron chi connectivity index (χ4n) is 2.18. The van der Waals surface area contributed by atoms with E-state index >= 15 is 0 Å². The summed E-state index contributed by atoms with van der Waals surface area (Å²) in [6.07, 6.45) is 1.74. The maximum Gasteiger partial charge on any atom is 0.255 e. The number of ketones is 1. The van der Waals surface area contributed by atoms with Crippen LogP contribution in [-0.4, -0.2) is 16.7 Å². The van der Waals surface area contributed by atoms with Gasteiger partial charge in [0, 0.05) is 34.0 Å². The molecule has 3 rings (SSSR count). The third-order valence-electron chi connectivity index (χ3n) is 3.33. The number of Topliss-reactive ketones (excluding diaryl/α,β-unsaturated/α-hetero) is 1. The van der Waals surface area contributed by atoms with Crippen molar-refractivity contribution in [1.82, 2.24) is 4.98 Å². The fraction of sp³-hybridized carbons (Fsp3) is 0.0556. The summed E-state index contributed by atoms with van der Waals surface area (Å²) in [6, 6.07) is 14.2. The Morgan fingerprint density at radius 1 is 1.04 bits per heavy atom. The van der Waals surface area contributed by atoms with Crippen molar-refractivity contribution in [3.05, 3.63) is 71.2 Å². The molecule has 23 heavy (non-hydrogen) atoms. The molecule has 0 spiro atoms. The molecule has 5 heteroatoms. The van der Waals surface area contributed by atoms with E-state index < -0.39 is 0 Å². The predicted molar refractivity (Wildman–Crippen MR) is 91.9 cm³/mol. The summed E-state index contributed by atoms with van der Waals surface area (Å²) < 4.78 is 0. The van der Waals surface area contributed by atoms with E-state index in [1.807, 2.05) is 23.6 Å². The molecule has 0 radical (unpaired) electrons. The summed E-state index contributed by atoms with van der Waals surface area (Å²) >= 11 is 1.53. The number of rotatable bonds is 4. The number of benzene rings is 2. The summed E-state index contributed by atoms with van der Waals surface area (Å²) in [7, 11) is 0. The van der Waals surface area contributed by atoms with Gasteiger partial charge in [-0.15, -0.1) is 11.3 Å². The zero-order chi connectivity index (χ0) is 16.2. The van der Waals surface area contributed by atoms with E-state index in [0.717, 1.165) is 10.6 Å². The highest BCUT2D eigenvalue weighted by molar-refractivity contribution is 7.13. The van der Waals surface area contributed by atoms with Gasteiger partial charge in [0.15, 0.2) is 5.78 Å². The summed E-state index contributed by atoms with van der Waals surface area (Å²) in [6.45, 7) is 1.50. The van der Waals surface area contributed by atoms with Gasteiger partial charge in [-0.2, -0.15) is 0 Å². The van der Waals surface area contributed by atoms with Gasteiger partial charge in [-0.1, -0.05) is 24.3 Å². The van der Waals surface area contributed by atoms with Crippen molar-refractivity contribution < 1.29 is 9.59 Å². The molecule has 0 saturated carbocycles. The Morgan fingerprint density at radius 3 is 2.57 bits per heavy atom. The molecular formula is C18H14N2O2S. The predicted octanol–water partition coefficient (Wildman–Crippen LogP) is 4.27. The van der Waals surface area contributed by atoms with Crippen molar-refractivity contribution in [2.75, 3.05) is 5.32 Å². The zero-order valence-corrected chi connectivity index (χ0v) is 13.3. The molecule has 0 unspecified atom stereocenters. The Kier molecular flexibility index (Phi) is 4.30. The monoisotopic (exact) mass is 322 g/mol. The summed E-state index contributed by atoms with van der Waals surface area (Å²) in [5, 5.41) is 5.59. The summed E-state index contributed by atoms with van der Waals surface area (Å²) in [5.74, 6) is -0.254. The smallest absolute Gasteiger partial charge is 0.255 e. The number of anilines is 1. The lowest BCUT2D eigenvalue weighted by atomic mass is 10.1. The molecule has 0 bridgehead atoms. The van der Waals surface area contributed by atoms with Crippen LogP contribution >= 0.6 is 11.3 Å². The molecule has 0 aliphatic carbocycles. The molecule has 0 saturated heterocycles. The third kappa shape index (κ3) is 3.52. The highest BCUT2D eigenvalue weighted by Gasteiger charge is 2.09. The van der Waals surface area contributed by atoms with Crippen LogP contribution in [0.25, 0.3) is 10.6 Å². The van der Waals surface area contributed by atoms with E-state index in [1.165, 1.54) is 18.3 Å². The quantitative estimate of drug-likeness (QED) is 0.730. The van der Waals surface area contributed by atoms with Crippen LogP contribution < -0.4 is 5.32 Å². The van der Waals surface area contributed by atoms with E-state index in [0.29, 0.717) is 16.8 Å². The normalized spacial score (nSPS) is 10.3. The van der Waals surface area contributed by atoms with Gasteiger partial charge in [-0.3, -0.25) is 9.59 Å². The van der Waals surface area contributed by atoms with Crippen molar-refractivity contribution in [3.8, 4) is 10.6 Å².